The van der Waals surface area contributed by atoms with Crippen LogP contribution in [0.4, 0.5) is 13.2 Å². The van der Waals surface area contributed by atoms with Gasteiger partial charge in [0.05, 0.1) is 0 Å². The molecule has 14 heavy (non-hydrogen) atoms. The number of carbonyl (C=O) groups is 1. The van der Waals surface area contributed by atoms with Crippen LogP contribution < -0.4 is 0 Å². The molecule has 1 rings (SSSR count). The highest BCUT2D eigenvalue weighted by Gasteiger charge is 2.43. The Morgan fingerprint density at radius 2 is 2.00 bits per heavy atom. The number of amides is 1. The zero-order chi connectivity index (χ0) is 10.8. The van der Waals surface area contributed by atoms with Crippen molar-refractivity contribution < 1.29 is 18.0 Å². The summed E-state index contributed by atoms with van der Waals surface area (Å²) in [6.45, 7) is 2.24. The van der Waals surface area contributed by atoms with Crippen molar-refractivity contribution in [3.8, 4) is 0 Å². The van der Waals surface area contributed by atoms with Gasteiger partial charge in [0, 0.05) is 13.1 Å². The van der Waals surface area contributed by atoms with Crippen molar-refractivity contribution in [3.63, 3.8) is 0 Å². The molecule has 1 saturated carbocycles. The molecule has 0 aliphatic heterocycles. The molecule has 0 unspecified atom stereocenters. The van der Waals surface area contributed by atoms with Crippen molar-refractivity contribution in [2.45, 2.75) is 32.4 Å². The molecule has 0 radical (unpaired) electrons. The molecular formula is C9H14F3NO. The number of rotatable bonds is 4. The maximum Gasteiger partial charge on any atom is 0.471 e. The Morgan fingerprint density at radius 3 is 2.36 bits per heavy atom. The molecule has 0 aromatic rings. The van der Waals surface area contributed by atoms with E-state index in [4.69, 9.17) is 0 Å². The van der Waals surface area contributed by atoms with E-state index in [1.54, 1.807) is 6.92 Å². The lowest BCUT2D eigenvalue weighted by Crippen LogP contribution is -2.42. The third kappa shape index (κ3) is 3.20. The predicted octanol–water partition coefficient (Wildman–Crippen LogP) is 2.20. The summed E-state index contributed by atoms with van der Waals surface area (Å²) in [7, 11) is 0. The molecule has 0 saturated heterocycles. The minimum Gasteiger partial charge on any atom is -0.335 e. The van der Waals surface area contributed by atoms with Gasteiger partial charge in [-0.1, -0.05) is 6.92 Å². The van der Waals surface area contributed by atoms with E-state index >= 15 is 0 Å². The van der Waals surface area contributed by atoms with Crippen molar-refractivity contribution in [2.75, 3.05) is 13.1 Å². The zero-order valence-electron chi connectivity index (χ0n) is 8.10. The monoisotopic (exact) mass is 209 g/mol. The lowest BCUT2D eigenvalue weighted by molar-refractivity contribution is -0.185. The van der Waals surface area contributed by atoms with Gasteiger partial charge in [0.25, 0.3) is 0 Å². The number of hydrogen-bond donors (Lipinski definition) is 0. The molecule has 0 heterocycles. The van der Waals surface area contributed by atoms with Crippen molar-refractivity contribution >= 4 is 5.91 Å². The SMILES string of the molecule is CCCN(CC1CC1)C(=O)C(F)(F)F. The third-order valence-electron chi connectivity index (χ3n) is 2.20. The van der Waals surface area contributed by atoms with Gasteiger partial charge < -0.3 is 4.90 Å². The zero-order valence-corrected chi connectivity index (χ0v) is 8.10. The van der Waals surface area contributed by atoms with Crippen LogP contribution >= 0.6 is 0 Å². The molecule has 1 aliphatic carbocycles. The lowest BCUT2D eigenvalue weighted by Gasteiger charge is -2.22. The second-order valence-electron chi connectivity index (χ2n) is 3.69. The highest BCUT2D eigenvalue weighted by molar-refractivity contribution is 5.81. The minimum absolute atomic E-state index is 0.203. The van der Waals surface area contributed by atoms with E-state index in [0.717, 1.165) is 17.7 Å². The number of hydrogen-bond acceptors (Lipinski definition) is 1. The summed E-state index contributed by atoms with van der Waals surface area (Å²) in [6, 6.07) is 0. The van der Waals surface area contributed by atoms with E-state index < -0.39 is 12.1 Å². The van der Waals surface area contributed by atoms with Crippen LogP contribution in [0, 0.1) is 5.92 Å². The number of alkyl halides is 3. The molecule has 0 atom stereocenters. The Hall–Kier alpha value is -0.740. The van der Waals surface area contributed by atoms with Crippen molar-refractivity contribution in [3.05, 3.63) is 0 Å². The minimum atomic E-state index is -4.72. The van der Waals surface area contributed by atoms with Gasteiger partial charge in [-0.25, -0.2) is 0 Å². The normalized spacial score (nSPS) is 16.9. The molecule has 0 N–H and O–H groups in total. The molecule has 2 nitrogen and oxygen atoms in total. The van der Waals surface area contributed by atoms with Crippen LogP contribution in [0.3, 0.4) is 0 Å². The summed E-state index contributed by atoms with van der Waals surface area (Å²) < 4.78 is 36.3. The fourth-order valence-corrected chi connectivity index (χ4v) is 1.34. The second kappa shape index (κ2) is 4.19. The summed E-state index contributed by atoms with van der Waals surface area (Å²) in [5.74, 6) is -1.39. The fraction of sp³-hybridized carbons (Fsp3) is 0.889. The molecule has 0 bridgehead atoms. The lowest BCUT2D eigenvalue weighted by atomic mass is 10.3. The summed E-state index contributed by atoms with van der Waals surface area (Å²) >= 11 is 0. The molecular weight excluding hydrogens is 195 g/mol. The molecule has 1 aliphatic rings. The second-order valence-corrected chi connectivity index (χ2v) is 3.69. The molecule has 1 amide bonds. The van der Waals surface area contributed by atoms with Crippen LogP contribution in [0.15, 0.2) is 0 Å². The van der Waals surface area contributed by atoms with E-state index in [-0.39, 0.29) is 13.1 Å². The Balaban J connectivity index is 2.51. The summed E-state index contributed by atoms with van der Waals surface area (Å²) in [4.78, 5) is 11.8. The van der Waals surface area contributed by atoms with E-state index in [1.807, 2.05) is 0 Å². The van der Waals surface area contributed by atoms with Crippen LogP contribution in [-0.2, 0) is 4.79 Å². The first-order chi connectivity index (χ1) is 6.45. The van der Waals surface area contributed by atoms with Crippen LogP contribution in [0.1, 0.15) is 26.2 Å². The van der Waals surface area contributed by atoms with Crippen molar-refractivity contribution in [1.82, 2.24) is 4.90 Å². The number of carbonyl (C=O) groups excluding carboxylic acids is 1. The summed E-state index contributed by atoms with van der Waals surface area (Å²) in [5.41, 5.74) is 0. The van der Waals surface area contributed by atoms with E-state index in [2.05, 4.69) is 0 Å². The fourth-order valence-electron chi connectivity index (χ4n) is 1.34. The van der Waals surface area contributed by atoms with E-state index in [9.17, 15) is 18.0 Å². The standard InChI is InChI=1S/C9H14F3NO/c1-2-5-13(6-7-3-4-7)8(14)9(10,11)12/h7H,2-6H2,1H3. The van der Waals surface area contributed by atoms with Crippen molar-refractivity contribution in [2.24, 2.45) is 5.92 Å². The van der Waals surface area contributed by atoms with Gasteiger partial charge in [-0.2, -0.15) is 13.2 Å². The van der Waals surface area contributed by atoms with E-state index in [1.165, 1.54) is 0 Å². The Kier molecular flexibility index (Phi) is 3.39. The van der Waals surface area contributed by atoms with E-state index in [0.29, 0.717) is 12.3 Å². The molecule has 0 spiro atoms. The first kappa shape index (κ1) is 11.3. The van der Waals surface area contributed by atoms with Crippen LogP contribution in [0.2, 0.25) is 0 Å². The maximum atomic E-state index is 12.1. The molecule has 1 fully saturated rings. The molecule has 0 aromatic carbocycles. The Morgan fingerprint density at radius 1 is 1.43 bits per heavy atom. The predicted molar refractivity (Wildman–Crippen MR) is 45.7 cm³/mol. The molecule has 5 heteroatoms. The average molecular weight is 209 g/mol. The average Bonchev–Trinajstić information content (AvgIpc) is 2.84. The van der Waals surface area contributed by atoms with Gasteiger partial charge in [0.1, 0.15) is 0 Å². The van der Waals surface area contributed by atoms with Crippen LogP contribution in [0.25, 0.3) is 0 Å². The highest BCUT2D eigenvalue weighted by Crippen LogP contribution is 2.31. The topological polar surface area (TPSA) is 20.3 Å². The Bertz CT molecular complexity index is 211. The maximum absolute atomic E-state index is 12.1. The van der Waals surface area contributed by atoms with Gasteiger partial charge in [-0.3, -0.25) is 4.79 Å². The summed E-state index contributed by atoms with van der Waals surface area (Å²) in [6.07, 6.45) is -2.25. The van der Waals surface area contributed by atoms with Gasteiger partial charge >= 0.3 is 12.1 Å². The van der Waals surface area contributed by atoms with Crippen LogP contribution in [0.5, 0.6) is 0 Å². The molecule has 82 valence electrons. The largest absolute Gasteiger partial charge is 0.471 e. The van der Waals surface area contributed by atoms with Gasteiger partial charge in [-0.05, 0) is 25.2 Å². The quantitative estimate of drug-likeness (QED) is 0.695. The number of halogens is 3. The number of nitrogens with zero attached hydrogens (tertiary/aromatic N) is 1. The smallest absolute Gasteiger partial charge is 0.335 e. The summed E-state index contributed by atoms with van der Waals surface area (Å²) in [5, 5.41) is 0. The third-order valence-corrected chi connectivity index (χ3v) is 2.20. The Labute approximate surface area is 81.1 Å². The van der Waals surface area contributed by atoms with Crippen molar-refractivity contribution in [1.29, 1.82) is 0 Å². The first-order valence-corrected chi connectivity index (χ1v) is 4.81. The van der Waals surface area contributed by atoms with Gasteiger partial charge in [0.2, 0.25) is 0 Å². The highest BCUT2D eigenvalue weighted by atomic mass is 19.4. The van der Waals surface area contributed by atoms with Gasteiger partial charge in [-0.15, -0.1) is 0 Å². The molecule has 0 aromatic heterocycles. The van der Waals surface area contributed by atoms with Crippen LogP contribution in [-0.4, -0.2) is 30.1 Å². The van der Waals surface area contributed by atoms with Gasteiger partial charge in [0.15, 0.2) is 0 Å². The first-order valence-electron chi connectivity index (χ1n) is 4.81.